The van der Waals surface area contributed by atoms with Crippen LogP contribution >= 0.6 is 11.6 Å². The molecule has 1 N–H and O–H groups in total. The zero-order valence-electron chi connectivity index (χ0n) is 22.2. The molecule has 1 atom stereocenters. The van der Waals surface area contributed by atoms with E-state index in [1.54, 1.807) is 6.07 Å². The van der Waals surface area contributed by atoms with Crippen LogP contribution in [0.5, 0.6) is 0 Å². The molecule has 3 heterocycles. The van der Waals surface area contributed by atoms with Gasteiger partial charge in [0.15, 0.2) is 0 Å². The van der Waals surface area contributed by atoms with E-state index in [0.717, 1.165) is 73.3 Å². The maximum absolute atomic E-state index is 13.6. The lowest BCUT2D eigenvalue weighted by Crippen LogP contribution is -2.34. The van der Waals surface area contributed by atoms with E-state index in [-0.39, 0.29) is 11.6 Å². The Morgan fingerprint density at radius 1 is 1.29 bits per heavy atom. The highest BCUT2D eigenvalue weighted by molar-refractivity contribution is 6.30. The Kier molecular flexibility index (Phi) is 8.17. The highest BCUT2D eigenvalue weighted by atomic mass is 35.5. The number of pyridine rings is 1. The van der Waals surface area contributed by atoms with Gasteiger partial charge in [0.2, 0.25) is 0 Å². The third-order valence-electron chi connectivity index (χ3n) is 7.50. The summed E-state index contributed by atoms with van der Waals surface area (Å²) in [6.07, 6.45) is 8.51. The summed E-state index contributed by atoms with van der Waals surface area (Å²) >= 11 is 6.35. The number of halogens is 1. The maximum atomic E-state index is 13.6. The summed E-state index contributed by atoms with van der Waals surface area (Å²) in [6, 6.07) is 11.4. The zero-order valence-corrected chi connectivity index (χ0v) is 23.0. The lowest BCUT2D eigenvalue weighted by Gasteiger charge is -2.29. The highest BCUT2D eigenvalue weighted by Crippen LogP contribution is 2.33. The molecule has 3 aromatic rings. The number of hydrogen-bond acceptors (Lipinski definition) is 5. The van der Waals surface area contributed by atoms with E-state index in [1.807, 2.05) is 47.3 Å². The number of H-pyrrole nitrogens is 1. The molecule has 38 heavy (non-hydrogen) atoms. The van der Waals surface area contributed by atoms with Gasteiger partial charge in [0, 0.05) is 66.5 Å². The largest absolute Gasteiger partial charge is 0.378 e. The van der Waals surface area contributed by atoms with Gasteiger partial charge in [-0.15, -0.1) is 0 Å². The second-order valence-electron chi connectivity index (χ2n) is 10.4. The topological polar surface area (TPSA) is 65.9 Å². The minimum atomic E-state index is -0.140. The van der Waals surface area contributed by atoms with Crippen LogP contribution in [0.3, 0.4) is 0 Å². The Balaban J connectivity index is 1.48. The second kappa shape index (κ2) is 11.7. The minimum absolute atomic E-state index is 0.0542. The average molecular weight is 534 g/mol. The Hall–Kier alpha value is -3.13. The number of aromatic nitrogens is 2. The van der Waals surface area contributed by atoms with Gasteiger partial charge in [-0.3, -0.25) is 4.79 Å². The molecular formula is C30H36ClN5O2. The molecule has 1 aliphatic carbocycles. The number of nitrogens with one attached hydrogen (secondary N) is 1. The van der Waals surface area contributed by atoms with Gasteiger partial charge in [-0.25, -0.2) is 4.99 Å². The first-order chi connectivity index (χ1) is 18.4. The summed E-state index contributed by atoms with van der Waals surface area (Å²) in [5.74, 6) is 1.46. The van der Waals surface area contributed by atoms with E-state index in [9.17, 15) is 4.79 Å². The standard InChI is InChI=1S/C30H36ClN5O2/c1-21(35-11-13-38-14-12-35)15-26-27(18-33-30(26)32-2)23-9-10-36(29(37)17-23)28(20-34(3)19-22-7-8-22)24-5-4-6-25(31)16-24/h4-6,9-10,15-18,22,28,33H,2,7-8,11-14,19-20H2,1,3H3/b21-15+/t28-/m1/s1. The number of morpholine rings is 1. The summed E-state index contributed by atoms with van der Waals surface area (Å²) < 4.78 is 7.33. The third kappa shape index (κ3) is 6.12. The molecule has 2 fully saturated rings. The van der Waals surface area contributed by atoms with Crippen LogP contribution in [0, 0.1) is 5.92 Å². The number of benzene rings is 1. The van der Waals surface area contributed by atoms with Crippen LogP contribution in [0.15, 0.2) is 64.3 Å². The van der Waals surface area contributed by atoms with Crippen LogP contribution < -0.4 is 5.56 Å². The molecule has 0 amide bonds. The van der Waals surface area contributed by atoms with E-state index in [4.69, 9.17) is 16.3 Å². The quantitative estimate of drug-likeness (QED) is 0.352. The van der Waals surface area contributed by atoms with Crippen molar-refractivity contribution in [3.05, 3.63) is 81.0 Å². The fraction of sp³-hybridized carbons (Fsp3) is 0.400. The van der Waals surface area contributed by atoms with Crippen molar-refractivity contribution in [1.82, 2.24) is 19.4 Å². The molecule has 7 nitrogen and oxygen atoms in total. The molecule has 0 unspecified atom stereocenters. The first-order valence-corrected chi connectivity index (χ1v) is 13.7. The first-order valence-electron chi connectivity index (χ1n) is 13.3. The van der Waals surface area contributed by atoms with E-state index in [1.165, 1.54) is 12.8 Å². The van der Waals surface area contributed by atoms with Crippen molar-refractivity contribution in [2.45, 2.75) is 25.8 Å². The predicted molar refractivity (Wildman–Crippen MR) is 156 cm³/mol. The van der Waals surface area contributed by atoms with E-state index in [2.05, 4.69) is 46.5 Å². The van der Waals surface area contributed by atoms with Crippen molar-refractivity contribution in [3.63, 3.8) is 0 Å². The van der Waals surface area contributed by atoms with Crippen molar-refractivity contribution < 1.29 is 4.74 Å². The van der Waals surface area contributed by atoms with Crippen molar-refractivity contribution in [1.29, 1.82) is 0 Å². The van der Waals surface area contributed by atoms with E-state index < -0.39 is 0 Å². The molecule has 0 radical (unpaired) electrons. The van der Waals surface area contributed by atoms with Crippen LogP contribution in [0.2, 0.25) is 5.02 Å². The predicted octanol–water partition coefficient (Wildman–Crippen LogP) is 5.45. The molecule has 200 valence electrons. The molecule has 0 spiro atoms. The van der Waals surface area contributed by atoms with Crippen LogP contribution in [0.4, 0.5) is 5.82 Å². The molecule has 0 bridgehead atoms. The van der Waals surface area contributed by atoms with Crippen molar-refractivity contribution in [2.24, 2.45) is 10.9 Å². The van der Waals surface area contributed by atoms with Crippen molar-refractivity contribution >= 4 is 30.2 Å². The van der Waals surface area contributed by atoms with Gasteiger partial charge >= 0.3 is 0 Å². The molecule has 2 aromatic heterocycles. The molecule has 2 aliphatic rings. The fourth-order valence-corrected chi connectivity index (χ4v) is 5.45. The number of nitrogens with zero attached hydrogens (tertiary/aromatic N) is 4. The second-order valence-corrected chi connectivity index (χ2v) is 10.8. The zero-order chi connectivity index (χ0) is 26.6. The van der Waals surface area contributed by atoms with Crippen molar-refractivity contribution in [3.8, 4) is 11.1 Å². The Bertz CT molecular complexity index is 1370. The van der Waals surface area contributed by atoms with Gasteiger partial charge in [-0.1, -0.05) is 23.7 Å². The lowest BCUT2D eigenvalue weighted by atomic mass is 10.0. The SMILES string of the molecule is C=Nc1[nH]cc(-c2ccn([C@H](CN(C)CC3CC3)c3cccc(Cl)c3)c(=O)c2)c1/C=C(\C)N1CCOCC1. The molecule has 1 aromatic carbocycles. The van der Waals surface area contributed by atoms with Gasteiger partial charge in [0.25, 0.3) is 5.56 Å². The number of ether oxygens (including phenoxy) is 1. The first kappa shape index (κ1) is 26.5. The number of rotatable bonds is 10. The van der Waals surface area contributed by atoms with E-state index in [0.29, 0.717) is 10.8 Å². The maximum Gasteiger partial charge on any atom is 0.251 e. The van der Waals surface area contributed by atoms with Crippen LogP contribution in [-0.4, -0.2) is 72.5 Å². The number of aliphatic imine (C=N–C) groups is 1. The highest BCUT2D eigenvalue weighted by Gasteiger charge is 2.25. The van der Waals surface area contributed by atoms with Gasteiger partial charge in [-0.2, -0.15) is 0 Å². The summed E-state index contributed by atoms with van der Waals surface area (Å²) in [6.45, 7) is 10.8. The number of aromatic amines is 1. The van der Waals surface area contributed by atoms with Gasteiger partial charge in [-0.05, 0) is 74.9 Å². The summed E-state index contributed by atoms with van der Waals surface area (Å²) in [5.41, 5.74) is 4.80. The Morgan fingerprint density at radius 3 is 2.76 bits per heavy atom. The lowest BCUT2D eigenvalue weighted by molar-refractivity contribution is 0.0542. The van der Waals surface area contributed by atoms with Gasteiger partial charge in [0.05, 0.1) is 19.3 Å². The van der Waals surface area contributed by atoms with Gasteiger partial charge in [0.1, 0.15) is 5.82 Å². The average Bonchev–Trinajstić information content (AvgIpc) is 3.64. The van der Waals surface area contributed by atoms with Crippen molar-refractivity contribution in [2.75, 3.05) is 46.4 Å². The minimum Gasteiger partial charge on any atom is -0.378 e. The molecular weight excluding hydrogens is 498 g/mol. The van der Waals surface area contributed by atoms with Crippen LogP contribution in [0.25, 0.3) is 17.2 Å². The molecule has 1 aliphatic heterocycles. The molecule has 8 heteroatoms. The molecule has 1 saturated heterocycles. The smallest absolute Gasteiger partial charge is 0.251 e. The normalized spacial score (nSPS) is 17.2. The molecule has 5 rings (SSSR count). The summed E-state index contributed by atoms with van der Waals surface area (Å²) in [5, 5.41) is 0.672. The fourth-order valence-electron chi connectivity index (χ4n) is 5.25. The summed E-state index contributed by atoms with van der Waals surface area (Å²) in [7, 11) is 2.13. The monoisotopic (exact) mass is 533 g/mol. The Labute approximate surface area is 229 Å². The van der Waals surface area contributed by atoms with Gasteiger partial charge < -0.3 is 24.1 Å². The third-order valence-corrected chi connectivity index (χ3v) is 7.73. The number of hydrogen-bond donors (Lipinski definition) is 1. The molecule has 1 saturated carbocycles. The number of likely N-dealkylation sites (N-methyl/N-ethyl adjacent to an activating group) is 1. The summed E-state index contributed by atoms with van der Waals surface area (Å²) in [4.78, 5) is 25.7. The van der Waals surface area contributed by atoms with Crippen LogP contribution in [0.1, 0.15) is 36.9 Å². The van der Waals surface area contributed by atoms with Crippen LogP contribution in [-0.2, 0) is 4.74 Å². The Morgan fingerprint density at radius 2 is 2.08 bits per heavy atom. The van der Waals surface area contributed by atoms with E-state index >= 15 is 0 Å². The number of allylic oxidation sites excluding steroid dienone is 1.